The van der Waals surface area contributed by atoms with E-state index in [1.54, 1.807) is 0 Å². The van der Waals surface area contributed by atoms with Gasteiger partial charge in [0.15, 0.2) is 5.78 Å². The number of rotatable bonds is 5. The Bertz CT molecular complexity index is 425. The van der Waals surface area contributed by atoms with Gasteiger partial charge in [-0.2, -0.15) is 0 Å². The molecule has 1 saturated carbocycles. The highest BCUT2D eigenvalue weighted by atomic mass is 16.1. The third kappa shape index (κ3) is 3.38. The molecular formula is C17H27NO2. The number of hydrogen-bond donors (Lipinski definition) is 1. The van der Waals surface area contributed by atoms with E-state index in [0.717, 1.165) is 12.8 Å². The van der Waals surface area contributed by atoms with Gasteiger partial charge in [0.2, 0.25) is 5.91 Å². The Morgan fingerprint density at radius 2 is 1.80 bits per heavy atom. The molecule has 3 heteroatoms. The maximum Gasteiger partial charge on any atom is 0.243 e. The van der Waals surface area contributed by atoms with E-state index in [-0.39, 0.29) is 22.6 Å². The first-order valence-electron chi connectivity index (χ1n) is 7.25. The minimum Gasteiger partial charge on any atom is -0.347 e. The van der Waals surface area contributed by atoms with Gasteiger partial charge in [-0.25, -0.2) is 0 Å². The Labute approximate surface area is 122 Å². The van der Waals surface area contributed by atoms with E-state index < -0.39 is 0 Å². The van der Waals surface area contributed by atoms with Gasteiger partial charge in [0.1, 0.15) is 0 Å². The smallest absolute Gasteiger partial charge is 0.243 e. The Balaban J connectivity index is 2.90. The van der Waals surface area contributed by atoms with Crippen molar-refractivity contribution in [2.24, 2.45) is 17.3 Å². The van der Waals surface area contributed by atoms with Crippen LogP contribution in [-0.2, 0) is 9.59 Å². The van der Waals surface area contributed by atoms with Crippen LogP contribution in [0.5, 0.6) is 0 Å². The number of allylic oxidation sites excluding steroid dienone is 1. The zero-order valence-electron chi connectivity index (χ0n) is 13.2. The molecule has 0 radical (unpaired) electrons. The number of nitrogens with one attached hydrogen (secondary N) is 1. The second-order valence-corrected chi connectivity index (χ2v) is 6.93. The summed E-state index contributed by atoms with van der Waals surface area (Å²) in [7, 11) is 0. The SMILES string of the molecule is C=CC(=O)CC1CC(C)(C)C(C)(NC(=O)C=C)CC1C. The summed E-state index contributed by atoms with van der Waals surface area (Å²) in [5.41, 5.74) is -0.338. The van der Waals surface area contributed by atoms with Gasteiger partial charge in [0, 0.05) is 12.0 Å². The van der Waals surface area contributed by atoms with E-state index in [4.69, 9.17) is 0 Å². The molecule has 0 aromatic carbocycles. The van der Waals surface area contributed by atoms with Crippen molar-refractivity contribution < 1.29 is 9.59 Å². The summed E-state index contributed by atoms with van der Waals surface area (Å²) in [6.45, 7) is 15.6. The standard InChI is InChI=1S/C17H27NO2/c1-7-14(19)9-13-11-16(4,5)17(6,10-12(13)3)18-15(20)8-2/h7-8,12-13H,1-2,9-11H2,3-6H3,(H,18,20). The molecule has 3 nitrogen and oxygen atoms in total. The van der Waals surface area contributed by atoms with Crippen LogP contribution in [0.25, 0.3) is 0 Å². The molecule has 20 heavy (non-hydrogen) atoms. The highest BCUT2D eigenvalue weighted by molar-refractivity contribution is 5.89. The molecular weight excluding hydrogens is 250 g/mol. The van der Waals surface area contributed by atoms with Crippen LogP contribution >= 0.6 is 0 Å². The number of carbonyl (C=O) groups excluding carboxylic acids is 2. The normalized spacial score (nSPS) is 32.2. The maximum absolute atomic E-state index is 11.7. The topological polar surface area (TPSA) is 46.2 Å². The summed E-state index contributed by atoms with van der Waals surface area (Å²) < 4.78 is 0. The number of ketones is 1. The number of amides is 1. The van der Waals surface area contributed by atoms with Gasteiger partial charge >= 0.3 is 0 Å². The predicted molar refractivity (Wildman–Crippen MR) is 82.2 cm³/mol. The zero-order valence-corrected chi connectivity index (χ0v) is 13.2. The van der Waals surface area contributed by atoms with Gasteiger partial charge < -0.3 is 5.32 Å². The highest BCUT2D eigenvalue weighted by Gasteiger charge is 2.49. The first kappa shape index (κ1) is 16.7. The van der Waals surface area contributed by atoms with Crippen LogP contribution in [-0.4, -0.2) is 17.2 Å². The summed E-state index contributed by atoms with van der Waals surface area (Å²) in [5.74, 6) is 0.719. The van der Waals surface area contributed by atoms with Gasteiger partial charge in [-0.3, -0.25) is 9.59 Å². The van der Waals surface area contributed by atoms with Crippen LogP contribution in [0.2, 0.25) is 0 Å². The van der Waals surface area contributed by atoms with Crippen LogP contribution in [0.3, 0.4) is 0 Å². The van der Waals surface area contributed by atoms with Gasteiger partial charge in [-0.05, 0) is 49.2 Å². The minimum absolute atomic E-state index is 0.0652. The van der Waals surface area contributed by atoms with Crippen molar-refractivity contribution in [2.75, 3.05) is 0 Å². The van der Waals surface area contributed by atoms with Crippen LogP contribution < -0.4 is 5.32 Å². The van der Waals surface area contributed by atoms with Gasteiger partial charge in [-0.15, -0.1) is 0 Å². The van der Waals surface area contributed by atoms with Crippen molar-refractivity contribution in [3.05, 3.63) is 25.3 Å². The summed E-state index contributed by atoms with van der Waals surface area (Å²) in [4.78, 5) is 23.3. The van der Waals surface area contributed by atoms with Crippen molar-refractivity contribution in [3.8, 4) is 0 Å². The van der Waals surface area contributed by atoms with Crippen LogP contribution in [0, 0.1) is 17.3 Å². The molecule has 0 aliphatic heterocycles. The van der Waals surface area contributed by atoms with Crippen molar-refractivity contribution in [2.45, 2.75) is 52.5 Å². The monoisotopic (exact) mass is 277 g/mol. The van der Waals surface area contributed by atoms with E-state index >= 15 is 0 Å². The molecule has 1 rings (SSSR count). The van der Waals surface area contributed by atoms with Crippen LogP contribution in [0.1, 0.15) is 47.0 Å². The molecule has 1 amide bonds. The first-order valence-corrected chi connectivity index (χ1v) is 7.25. The predicted octanol–water partition coefficient (Wildman–Crippen LogP) is 3.26. The van der Waals surface area contributed by atoms with E-state index in [1.807, 2.05) is 0 Å². The van der Waals surface area contributed by atoms with E-state index in [9.17, 15) is 9.59 Å². The lowest BCUT2D eigenvalue weighted by Gasteiger charge is -2.53. The van der Waals surface area contributed by atoms with Gasteiger partial charge in [0.25, 0.3) is 0 Å². The summed E-state index contributed by atoms with van der Waals surface area (Å²) in [6.07, 6.45) is 5.07. The third-order valence-electron chi connectivity index (χ3n) is 5.08. The molecule has 0 heterocycles. The fraction of sp³-hybridized carbons (Fsp3) is 0.647. The molecule has 3 unspecified atom stereocenters. The Morgan fingerprint density at radius 3 is 2.30 bits per heavy atom. The summed E-state index contributed by atoms with van der Waals surface area (Å²) in [5, 5.41) is 3.09. The maximum atomic E-state index is 11.7. The molecule has 1 aliphatic carbocycles. The molecule has 0 saturated heterocycles. The van der Waals surface area contributed by atoms with Gasteiger partial charge in [-0.1, -0.05) is 33.9 Å². The van der Waals surface area contributed by atoms with Gasteiger partial charge in [0.05, 0.1) is 0 Å². The summed E-state index contributed by atoms with van der Waals surface area (Å²) in [6, 6.07) is 0. The first-order chi connectivity index (χ1) is 9.15. The lowest BCUT2D eigenvalue weighted by atomic mass is 9.57. The van der Waals surface area contributed by atoms with Crippen LogP contribution in [0.4, 0.5) is 0 Å². The Morgan fingerprint density at radius 1 is 1.20 bits per heavy atom. The molecule has 112 valence electrons. The Hall–Kier alpha value is -1.38. The van der Waals surface area contributed by atoms with E-state index in [0.29, 0.717) is 18.3 Å². The largest absolute Gasteiger partial charge is 0.347 e. The fourth-order valence-corrected chi connectivity index (χ4v) is 3.33. The molecule has 0 spiro atoms. The quantitative estimate of drug-likeness (QED) is 0.784. The average molecular weight is 277 g/mol. The molecule has 1 fully saturated rings. The Kier molecular flexibility index (Phi) is 4.95. The molecule has 0 bridgehead atoms. The minimum atomic E-state index is -0.272. The molecule has 1 aliphatic rings. The average Bonchev–Trinajstić information content (AvgIpc) is 2.35. The second kappa shape index (κ2) is 5.94. The molecule has 3 atom stereocenters. The van der Waals surface area contributed by atoms with E-state index in [1.165, 1.54) is 12.2 Å². The molecule has 0 aromatic heterocycles. The molecule has 1 N–H and O–H groups in total. The second-order valence-electron chi connectivity index (χ2n) is 6.93. The number of hydrogen-bond acceptors (Lipinski definition) is 2. The number of carbonyl (C=O) groups is 2. The highest BCUT2D eigenvalue weighted by Crippen LogP contribution is 2.49. The fourth-order valence-electron chi connectivity index (χ4n) is 3.33. The lowest BCUT2D eigenvalue weighted by Crippen LogP contribution is -2.60. The van der Waals surface area contributed by atoms with E-state index in [2.05, 4.69) is 46.2 Å². The van der Waals surface area contributed by atoms with Crippen molar-refractivity contribution in [1.29, 1.82) is 0 Å². The molecule has 0 aromatic rings. The van der Waals surface area contributed by atoms with Crippen molar-refractivity contribution >= 4 is 11.7 Å². The van der Waals surface area contributed by atoms with Crippen LogP contribution in [0.15, 0.2) is 25.3 Å². The zero-order chi connectivity index (χ0) is 15.6. The lowest BCUT2D eigenvalue weighted by molar-refractivity contribution is -0.123. The van der Waals surface area contributed by atoms with Crippen molar-refractivity contribution in [3.63, 3.8) is 0 Å². The third-order valence-corrected chi connectivity index (χ3v) is 5.08. The summed E-state index contributed by atoms with van der Waals surface area (Å²) >= 11 is 0. The van der Waals surface area contributed by atoms with Crippen molar-refractivity contribution in [1.82, 2.24) is 5.32 Å².